The SMILES string of the molecule is Cc1ccc(C)c(NC(=O)C(=O)Nc2ccc(OC(C)C)cc2)c1. The Balaban J connectivity index is 1.98. The predicted octanol–water partition coefficient (Wildman–Crippen LogP) is 3.67. The van der Waals surface area contributed by atoms with Gasteiger partial charge in [-0.3, -0.25) is 9.59 Å². The number of benzene rings is 2. The van der Waals surface area contributed by atoms with E-state index in [1.165, 1.54) is 0 Å². The number of hydrogen-bond donors (Lipinski definition) is 2. The van der Waals surface area contributed by atoms with E-state index in [0.717, 1.165) is 11.1 Å². The summed E-state index contributed by atoms with van der Waals surface area (Å²) in [6.07, 6.45) is 0.0776. The Morgan fingerprint density at radius 1 is 0.917 bits per heavy atom. The summed E-state index contributed by atoms with van der Waals surface area (Å²) >= 11 is 0. The van der Waals surface area contributed by atoms with Gasteiger partial charge in [-0.25, -0.2) is 0 Å². The molecule has 0 aliphatic rings. The molecule has 0 aromatic heterocycles. The molecular weight excluding hydrogens is 304 g/mol. The highest BCUT2D eigenvalue weighted by Crippen LogP contribution is 2.18. The van der Waals surface area contributed by atoms with Crippen molar-refractivity contribution in [3.63, 3.8) is 0 Å². The number of carbonyl (C=O) groups excluding carboxylic acids is 2. The van der Waals surface area contributed by atoms with E-state index in [1.54, 1.807) is 24.3 Å². The minimum atomic E-state index is -0.714. The van der Waals surface area contributed by atoms with E-state index in [-0.39, 0.29) is 6.10 Å². The van der Waals surface area contributed by atoms with E-state index in [9.17, 15) is 9.59 Å². The summed E-state index contributed by atoms with van der Waals surface area (Å²) in [5, 5.41) is 5.20. The van der Waals surface area contributed by atoms with Crippen LogP contribution in [0.2, 0.25) is 0 Å². The van der Waals surface area contributed by atoms with Gasteiger partial charge in [-0.1, -0.05) is 12.1 Å². The summed E-state index contributed by atoms with van der Waals surface area (Å²) in [7, 11) is 0. The first kappa shape index (κ1) is 17.5. The quantitative estimate of drug-likeness (QED) is 0.843. The molecule has 2 aromatic carbocycles. The first-order chi connectivity index (χ1) is 11.3. The number of hydrogen-bond acceptors (Lipinski definition) is 3. The van der Waals surface area contributed by atoms with Crippen molar-refractivity contribution in [2.75, 3.05) is 10.6 Å². The van der Waals surface area contributed by atoms with Crippen molar-refractivity contribution >= 4 is 23.2 Å². The van der Waals surface area contributed by atoms with Crippen LogP contribution in [0.25, 0.3) is 0 Å². The van der Waals surface area contributed by atoms with E-state index in [2.05, 4.69) is 10.6 Å². The smallest absolute Gasteiger partial charge is 0.314 e. The number of amides is 2. The molecule has 0 saturated carbocycles. The molecule has 2 aromatic rings. The average molecular weight is 326 g/mol. The maximum Gasteiger partial charge on any atom is 0.314 e. The van der Waals surface area contributed by atoms with Crippen LogP contribution >= 0.6 is 0 Å². The standard InChI is InChI=1S/C19H22N2O3/c1-12(2)24-16-9-7-15(8-10-16)20-18(22)19(23)21-17-11-13(3)5-6-14(17)4/h5-12H,1-4H3,(H,20,22)(H,21,23). The maximum atomic E-state index is 12.0. The van der Waals surface area contributed by atoms with Crippen LogP contribution < -0.4 is 15.4 Å². The van der Waals surface area contributed by atoms with E-state index in [0.29, 0.717) is 17.1 Å². The molecule has 0 aliphatic heterocycles. The molecule has 0 unspecified atom stereocenters. The van der Waals surface area contributed by atoms with Crippen LogP contribution in [0.1, 0.15) is 25.0 Å². The molecule has 0 aliphatic carbocycles. The van der Waals surface area contributed by atoms with E-state index in [1.807, 2.05) is 45.9 Å². The summed E-state index contributed by atoms with van der Waals surface area (Å²) in [4.78, 5) is 24.1. The van der Waals surface area contributed by atoms with Gasteiger partial charge < -0.3 is 15.4 Å². The second-order valence-corrected chi connectivity index (χ2v) is 5.92. The molecule has 0 atom stereocenters. The fourth-order valence-electron chi connectivity index (χ4n) is 2.13. The number of rotatable bonds is 4. The first-order valence-electron chi connectivity index (χ1n) is 7.81. The van der Waals surface area contributed by atoms with Crippen LogP contribution in [0.4, 0.5) is 11.4 Å². The minimum Gasteiger partial charge on any atom is -0.491 e. The lowest BCUT2D eigenvalue weighted by Crippen LogP contribution is -2.29. The van der Waals surface area contributed by atoms with E-state index < -0.39 is 11.8 Å². The zero-order chi connectivity index (χ0) is 17.7. The van der Waals surface area contributed by atoms with Crippen molar-refractivity contribution in [3.8, 4) is 5.75 Å². The molecule has 126 valence electrons. The Hall–Kier alpha value is -2.82. The molecule has 0 heterocycles. The van der Waals surface area contributed by atoms with Gasteiger partial charge in [0.05, 0.1) is 6.10 Å². The lowest BCUT2D eigenvalue weighted by atomic mass is 10.1. The van der Waals surface area contributed by atoms with Crippen molar-refractivity contribution in [1.29, 1.82) is 0 Å². The highest BCUT2D eigenvalue weighted by molar-refractivity contribution is 6.43. The average Bonchev–Trinajstić information content (AvgIpc) is 2.52. The molecule has 5 nitrogen and oxygen atoms in total. The summed E-state index contributed by atoms with van der Waals surface area (Å²) in [5.74, 6) is -0.706. The molecular formula is C19H22N2O3. The number of aryl methyl sites for hydroxylation is 2. The third-order valence-electron chi connectivity index (χ3n) is 3.33. The third-order valence-corrected chi connectivity index (χ3v) is 3.33. The van der Waals surface area contributed by atoms with Crippen molar-refractivity contribution < 1.29 is 14.3 Å². The maximum absolute atomic E-state index is 12.0. The lowest BCUT2D eigenvalue weighted by molar-refractivity contribution is -0.133. The number of ether oxygens (including phenoxy) is 1. The van der Waals surface area contributed by atoms with Gasteiger partial charge in [-0.05, 0) is 69.2 Å². The Labute approximate surface area is 142 Å². The van der Waals surface area contributed by atoms with E-state index >= 15 is 0 Å². The highest BCUT2D eigenvalue weighted by atomic mass is 16.5. The summed E-state index contributed by atoms with van der Waals surface area (Å²) in [5.41, 5.74) is 3.08. The van der Waals surface area contributed by atoms with Crippen molar-refractivity contribution in [2.24, 2.45) is 0 Å². The van der Waals surface area contributed by atoms with Crippen molar-refractivity contribution in [2.45, 2.75) is 33.8 Å². The second kappa shape index (κ2) is 7.64. The molecule has 0 spiro atoms. The van der Waals surface area contributed by atoms with Gasteiger partial charge in [0.1, 0.15) is 5.75 Å². The Morgan fingerprint density at radius 3 is 2.17 bits per heavy atom. The van der Waals surface area contributed by atoms with Crippen LogP contribution in [0, 0.1) is 13.8 Å². The number of nitrogens with one attached hydrogen (secondary N) is 2. The van der Waals surface area contributed by atoms with Crippen LogP contribution in [-0.2, 0) is 9.59 Å². The van der Waals surface area contributed by atoms with Gasteiger partial charge in [0.2, 0.25) is 0 Å². The van der Waals surface area contributed by atoms with Crippen LogP contribution in [-0.4, -0.2) is 17.9 Å². The summed E-state index contributed by atoms with van der Waals surface area (Å²) in [6, 6.07) is 12.6. The number of carbonyl (C=O) groups is 2. The monoisotopic (exact) mass is 326 g/mol. The summed E-state index contributed by atoms with van der Waals surface area (Å²) < 4.78 is 5.53. The molecule has 0 fully saturated rings. The van der Waals surface area contributed by atoms with Gasteiger partial charge in [0.25, 0.3) is 0 Å². The lowest BCUT2D eigenvalue weighted by Gasteiger charge is -2.11. The van der Waals surface area contributed by atoms with Gasteiger partial charge in [0.15, 0.2) is 0 Å². The van der Waals surface area contributed by atoms with E-state index in [4.69, 9.17) is 4.74 Å². The molecule has 0 bridgehead atoms. The minimum absolute atomic E-state index is 0.0776. The zero-order valence-electron chi connectivity index (χ0n) is 14.3. The van der Waals surface area contributed by atoms with Gasteiger partial charge in [0, 0.05) is 11.4 Å². The van der Waals surface area contributed by atoms with Crippen molar-refractivity contribution in [1.82, 2.24) is 0 Å². The second-order valence-electron chi connectivity index (χ2n) is 5.92. The predicted molar refractivity (Wildman–Crippen MR) is 95.4 cm³/mol. The van der Waals surface area contributed by atoms with Crippen LogP contribution in [0.3, 0.4) is 0 Å². The Bertz CT molecular complexity index is 737. The van der Waals surface area contributed by atoms with Gasteiger partial charge >= 0.3 is 11.8 Å². The molecule has 24 heavy (non-hydrogen) atoms. The van der Waals surface area contributed by atoms with Crippen LogP contribution in [0.15, 0.2) is 42.5 Å². The fourth-order valence-corrected chi connectivity index (χ4v) is 2.13. The van der Waals surface area contributed by atoms with Gasteiger partial charge in [-0.15, -0.1) is 0 Å². The Kier molecular flexibility index (Phi) is 5.58. The topological polar surface area (TPSA) is 67.4 Å². The molecule has 2 N–H and O–H groups in total. The highest BCUT2D eigenvalue weighted by Gasteiger charge is 2.15. The molecule has 0 radical (unpaired) electrons. The largest absolute Gasteiger partial charge is 0.491 e. The fraction of sp³-hybridized carbons (Fsp3) is 0.263. The van der Waals surface area contributed by atoms with Crippen molar-refractivity contribution in [3.05, 3.63) is 53.6 Å². The third kappa shape index (κ3) is 4.84. The first-order valence-corrected chi connectivity index (χ1v) is 7.81. The number of anilines is 2. The molecule has 5 heteroatoms. The Morgan fingerprint density at radius 2 is 1.54 bits per heavy atom. The summed E-state index contributed by atoms with van der Waals surface area (Å²) in [6.45, 7) is 7.68. The molecule has 2 amide bonds. The molecule has 0 saturated heterocycles. The van der Waals surface area contributed by atoms with Crippen LogP contribution in [0.5, 0.6) is 5.75 Å². The normalized spacial score (nSPS) is 10.4. The van der Waals surface area contributed by atoms with Gasteiger partial charge in [-0.2, -0.15) is 0 Å². The molecule has 2 rings (SSSR count). The zero-order valence-corrected chi connectivity index (χ0v) is 14.3.